The highest BCUT2D eigenvalue weighted by molar-refractivity contribution is 9.13. The Morgan fingerprint density at radius 1 is 0.938 bits per heavy atom. The Balaban J connectivity index is 1.40. The van der Waals surface area contributed by atoms with Crippen molar-refractivity contribution in [3.8, 4) is 0 Å². The van der Waals surface area contributed by atoms with Gasteiger partial charge < -0.3 is 31.7 Å². The lowest BCUT2D eigenvalue weighted by Gasteiger charge is -2.37. The number of aliphatic imine (C=N–C) groups is 1. The Bertz CT molecular complexity index is 1030. The lowest BCUT2D eigenvalue weighted by molar-refractivity contribution is 0.0890. The molecule has 2 amide bonds. The van der Waals surface area contributed by atoms with Crippen LogP contribution in [-0.2, 0) is 0 Å². The van der Waals surface area contributed by atoms with Crippen LogP contribution in [0.2, 0.25) is 0 Å². The number of carbonyl (C=O) groups excluding carboxylic acids is 2. The van der Waals surface area contributed by atoms with Crippen molar-refractivity contribution >= 4 is 81.5 Å². The molecule has 172 valence electrons. The van der Waals surface area contributed by atoms with Gasteiger partial charge in [-0.25, -0.2) is 4.99 Å². The van der Waals surface area contributed by atoms with Crippen molar-refractivity contribution in [2.45, 2.75) is 24.9 Å². The van der Waals surface area contributed by atoms with Crippen LogP contribution in [0.3, 0.4) is 0 Å². The Morgan fingerprint density at radius 3 is 1.91 bits per heavy atom. The average Bonchev–Trinajstić information content (AvgIpc) is 3.39. The first-order valence-corrected chi connectivity index (χ1v) is 13.1. The number of H-pyrrole nitrogens is 2. The molecule has 2 aromatic rings. The monoisotopic (exact) mass is 695 g/mol. The van der Waals surface area contributed by atoms with E-state index >= 15 is 0 Å². The lowest BCUT2D eigenvalue weighted by Crippen LogP contribution is -2.49. The highest BCUT2D eigenvalue weighted by Crippen LogP contribution is 2.34. The van der Waals surface area contributed by atoms with Crippen LogP contribution in [0.15, 0.2) is 35.3 Å². The van der Waals surface area contributed by atoms with Gasteiger partial charge in [0.1, 0.15) is 11.4 Å². The van der Waals surface area contributed by atoms with Gasteiger partial charge in [-0.1, -0.05) is 0 Å². The van der Waals surface area contributed by atoms with Crippen LogP contribution in [0, 0.1) is 11.8 Å². The van der Waals surface area contributed by atoms with E-state index < -0.39 is 0 Å². The van der Waals surface area contributed by atoms with Gasteiger partial charge in [-0.2, -0.15) is 0 Å². The first-order valence-electron chi connectivity index (χ1n) is 9.95. The Kier molecular flexibility index (Phi) is 7.37. The number of guanidine groups is 1. The fourth-order valence-corrected chi connectivity index (χ4v) is 5.55. The maximum Gasteiger partial charge on any atom is 0.267 e. The summed E-state index contributed by atoms with van der Waals surface area (Å²) < 4.78 is 3.00. The van der Waals surface area contributed by atoms with Gasteiger partial charge in [-0.3, -0.25) is 9.59 Å². The molecule has 1 fully saturated rings. The van der Waals surface area contributed by atoms with Crippen molar-refractivity contribution in [1.29, 1.82) is 0 Å². The van der Waals surface area contributed by atoms with Crippen LogP contribution in [0.5, 0.6) is 0 Å². The third kappa shape index (κ3) is 5.26. The van der Waals surface area contributed by atoms with Crippen LogP contribution in [0.4, 0.5) is 0 Å². The first kappa shape index (κ1) is 23.8. The summed E-state index contributed by atoms with van der Waals surface area (Å²) in [7, 11) is 0. The van der Waals surface area contributed by atoms with Crippen LogP contribution in [-0.4, -0.2) is 52.9 Å². The molecule has 2 aliphatic rings. The summed E-state index contributed by atoms with van der Waals surface area (Å²) in [5.41, 5.74) is 6.82. The molecule has 4 atom stereocenters. The Labute approximate surface area is 218 Å². The van der Waals surface area contributed by atoms with Gasteiger partial charge in [0.2, 0.25) is 0 Å². The largest absolute Gasteiger partial charge is 0.370 e. The quantitative estimate of drug-likeness (QED) is 0.276. The van der Waals surface area contributed by atoms with Gasteiger partial charge in [0.15, 0.2) is 5.96 Å². The Morgan fingerprint density at radius 2 is 1.44 bits per heavy atom. The molecule has 0 radical (unpaired) electrons. The average molecular weight is 699 g/mol. The van der Waals surface area contributed by atoms with E-state index in [1.807, 2.05) is 0 Å². The van der Waals surface area contributed by atoms with Crippen molar-refractivity contribution in [3.05, 3.63) is 41.7 Å². The molecule has 2 aromatic heterocycles. The summed E-state index contributed by atoms with van der Waals surface area (Å²) in [6, 6.07) is 3.68. The van der Waals surface area contributed by atoms with Crippen LogP contribution in [0.1, 0.15) is 33.8 Å². The van der Waals surface area contributed by atoms with Gasteiger partial charge in [0.25, 0.3) is 11.8 Å². The van der Waals surface area contributed by atoms with E-state index in [1.165, 1.54) is 0 Å². The molecule has 1 aliphatic carbocycles. The number of fused-ring (bicyclic) bond motifs is 1. The molecular formula is C19H21Br4N7O2. The second kappa shape index (κ2) is 9.90. The molecule has 13 heteroatoms. The van der Waals surface area contributed by atoms with Crippen molar-refractivity contribution < 1.29 is 9.59 Å². The molecule has 7 N–H and O–H groups in total. The SMILES string of the molecule is NC1=NC2CC(CNC(=O)c3cc(Br)c(Br)[nH]3)C(CNC(=O)c3cc(Br)c(Br)[nH]3)CC2N1. The molecule has 0 bridgehead atoms. The van der Waals surface area contributed by atoms with Crippen LogP contribution in [0.25, 0.3) is 0 Å². The fourth-order valence-electron chi connectivity index (χ4n) is 4.24. The van der Waals surface area contributed by atoms with E-state index in [2.05, 4.69) is 94.6 Å². The van der Waals surface area contributed by atoms with Crippen molar-refractivity contribution in [1.82, 2.24) is 25.9 Å². The van der Waals surface area contributed by atoms with E-state index in [0.717, 1.165) is 21.8 Å². The van der Waals surface area contributed by atoms with Crippen molar-refractivity contribution in [2.75, 3.05) is 13.1 Å². The summed E-state index contributed by atoms with van der Waals surface area (Å²) >= 11 is 13.5. The third-order valence-corrected chi connectivity index (χ3v) is 9.43. The standard InChI is InChI=1S/C19H21Br4N7O2/c20-9-3-13(27-15(9)22)17(31)25-5-7-1-11-12(30-19(24)29-11)2-8(7)6-26-18(32)14-4-10(21)16(23)28-14/h3-4,7-8,11-12,27-28H,1-2,5-6H2,(H,25,31)(H,26,32)(H3,24,29,30). The molecule has 1 aliphatic heterocycles. The van der Waals surface area contributed by atoms with Gasteiger partial charge in [0.05, 0.1) is 30.2 Å². The summed E-state index contributed by atoms with van der Waals surface area (Å²) in [5, 5.41) is 9.27. The zero-order valence-corrected chi connectivity index (χ0v) is 23.0. The number of amides is 2. The zero-order chi connectivity index (χ0) is 23.0. The van der Waals surface area contributed by atoms with Gasteiger partial charge >= 0.3 is 0 Å². The number of hydrogen-bond acceptors (Lipinski definition) is 5. The van der Waals surface area contributed by atoms with Crippen molar-refractivity contribution in [2.24, 2.45) is 22.6 Å². The summed E-state index contributed by atoms with van der Waals surface area (Å²) in [6.07, 6.45) is 1.57. The van der Waals surface area contributed by atoms with Gasteiger partial charge in [-0.15, -0.1) is 0 Å². The number of aromatic amines is 2. The van der Waals surface area contributed by atoms with E-state index in [1.54, 1.807) is 12.1 Å². The summed E-state index contributed by atoms with van der Waals surface area (Å²) in [4.78, 5) is 35.7. The van der Waals surface area contributed by atoms with E-state index in [4.69, 9.17) is 5.73 Å². The number of nitrogens with zero attached hydrogens (tertiary/aromatic N) is 1. The minimum Gasteiger partial charge on any atom is -0.370 e. The molecule has 1 saturated carbocycles. The number of nitrogens with one attached hydrogen (secondary N) is 5. The maximum atomic E-state index is 12.6. The minimum absolute atomic E-state index is 0.0768. The van der Waals surface area contributed by atoms with E-state index in [9.17, 15) is 9.59 Å². The highest BCUT2D eigenvalue weighted by atomic mass is 79.9. The normalized spacial score (nSPS) is 24.4. The minimum atomic E-state index is -0.185. The number of aromatic nitrogens is 2. The molecule has 4 unspecified atom stereocenters. The fraction of sp³-hybridized carbons (Fsp3) is 0.421. The van der Waals surface area contributed by atoms with E-state index in [-0.39, 0.29) is 35.7 Å². The smallest absolute Gasteiger partial charge is 0.267 e. The highest BCUT2D eigenvalue weighted by Gasteiger charge is 2.40. The predicted octanol–water partition coefficient (Wildman–Crippen LogP) is 3.23. The molecular weight excluding hydrogens is 678 g/mol. The zero-order valence-electron chi connectivity index (χ0n) is 16.6. The number of hydrogen-bond donors (Lipinski definition) is 6. The topological polar surface area (TPSA) is 140 Å². The van der Waals surface area contributed by atoms with Crippen LogP contribution < -0.4 is 21.7 Å². The molecule has 0 saturated heterocycles. The maximum absolute atomic E-state index is 12.6. The molecule has 0 spiro atoms. The summed E-state index contributed by atoms with van der Waals surface area (Å²) in [6.45, 7) is 0.962. The molecule has 32 heavy (non-hydrogen) atoms. The molecule has 9 nitrogen and oxygen atoms in total. The number of nitrogens with two attached hydrogens (primary N) is 1. The van der Waals surface area contributed by atoms with E-state index in [0.29, 0.717) is 39.6 Å². The number of rotatable bonds is 6. The Hall–Kier alpha value is -1.31. The molecule has 3 heterocycles. The third-order valence-electron chi connectivity index (χ3n) is 5.86. The second-order valence-electron chi connectivity index (χ2n) is 7.93. The summed E-state index contributed by atoms with van der Waals surface area (Å²) in [5.74, 6) is 0.376. The van der Waals surface area contributed by atoms with Crippen molar-refractivity contribution in [3.63, 3.8) is 0 Å². The predicted molar refractivity (Wildman–Crippen MR) is 136 cm³/mol. The second-order valence-corrected chi connectivity index (χ2v) is 11.2. The number of carbonyl (C=O) groups is 2. The van der Waals surface area contributed by atoms with Gasteiger partial charge in [0, 0.05) is 13.1 Å². The number of halogens is 4. The molecule has 4 rings (SSSR count). The van der Waals surface area contributed by atoms with Gasteiger partial charge in [-0.05, 0) is 101 Å². The van der Waals surface area contributed by atoms with Crippen LogP contribution >= 0.6 is 63.7 Å². The first-order chi connectivity index (χ1) is 15.2. The molecule has 0 aromatic carbocycles. The lowest BCUT2D eigenvalue weighted by atomic mass is 9.74.